The number of nitrogens with zero attached hydrogens (tertiary/aromatic N) is 2. The lowest BCUT2D eigenvalue weighted by Gasteiger charge is -2.73. The summed E-state index contributed by atoms with van der Waals surface area (Å²) in [7, 11) is 0. The van der Waals surface area contributed by atoms with Gasteiger partial charge >= 0.3 is 11.9 Å². The van der Waals surface area contributed by atoms with Crippen LogP contribution < -0.4 is 0 Å². The first kappa shape index (κ1) is 45.5. The molecule has 67 heavy (non-hydrogen) atoms. The summed E-state index contributed by atoms with van der Waals surface area (Å²) in [5, 5.41) is 0. The SMILES string of the molecule is CC1(C2CC[C@]3(C(=O)N4CCC[C@H]4c4ncc(-c5ccccc5)[nH]4)CC[C@]4(C)[C@H](CC[C@@H]5[C@@]6(C)CC[C@H](OC(=O)C7CC(C(=O)OCc8ccccc8)C7(C)C)C(C)(C)[C@@H]6CC[C@]54C)[C@@H]23)CC1. The van der Waals surface area contributed by atoms with Crippen molar-refractivity contribution >= 4 is 17.8 Å². The molecule has 3 aromatic rings. The smallest absolute Gasteiger partial charge is 0.309 e. The van der Waals surface area contributed by atoms with E-state index in [0.29, 0.717) is 47.3 Å². The van der Waals surface area contributed by atoms with Gasteiger partial charge in [-0.25, -0.2) is 4.98 Å². The number of esters is 2. The molecule has 7 saturated carbocycles. The van der Waals surface area contributed by atoms with Crippen molar-refractivity contribution < 1.29 is 23.9 Å². The van der Waals surface area contributed by atoms with Crippen molar-refractivity contribution in [3.63, 3.8) is 0 Å². The minimum absolute atomic E-state index is 0.0104. The minimum Gasteiger partial charge on any atom is -0.462 e. The fraction of sp³-hybridized carbons (Fsp3) is 0.695. The second-order valence-corrected chi connectivity index (χ2v) is 25.9. The molecule has 2 heterocycles. The Morgan fingerprint density at radius 1 is 0.687 bits per heavy atom. The average molecular weight is 910 g/mol. The highest BCUT2D eigenvalue weighted by Crippen LogP contribution is 2.79. The fourth-order valence-electron chi connectivity index (χ4n) is 18.1. The number of hydrogen-bond donors (Lipinski definition) is 1. The number of ether oxygens (including phenoxy) is 2. The van der Waals surface area contributed by atoms with E-state index < -0.39 is 5.41 Å². The van der Waals surface area contributed by atoms with Crippen LogP contribution in [0.2, 0.25) is 0 Å². The second-order valence-electron chi connectivity index (χ2n) is 25.9. The molecule has 1 N–H and O–H groups in total. The molecule has 11 rings (SSSR count). The highest BCUT2D eigenvalue weighted by atomic mass is 16.5. The molecule has 1 aromatic heterocycles. The van der Waals surface area contributed by atoms with E-state index in [1.54, 1.807) is 0 Å². The number of fused-ring (bicyclic) bond motifs is 7. The van der Waals surface area contributed by atoms with Gasteiger partial charge in [-0.2, -0.15) is 0 Å². The summed E-state index contributed by atoms with van der Waals surface area (Å²) in [5.41, 5.74) is 2.99. The van der Waals surface area contributed by atoms with E-state index in [2.05, 4.69) is 75.7 Å². The van der Waals surface area contributed by atoms with Crippen LogP contribution in [0.15, 0.2) is 66.9 Å². The van der Waals surface area contributed by atoms with Crippen LogP contribution in [-0.2, 0) is 30.5 Å². The van der Waals surface area contributed by atoms with Gasteiger partial charge in [-0.3, -0.25) is 14.4 Å². The Balaban J connectivity index is 0.806. The average Bonchev–Trinajstić information content (AvgIpc) is 3.68. The molecule has 2 aromatic carbocycles. The number of carbonyl (C=O) groups excluding carboxylic acids is 3. The van der Waals surface area contributed by atoms with Crippen molar-refractivity contribution in [2.24, 2.45) is 79.3 Å². The monoisotopic (exact) mass is 910 g/mol. The van der Waals surface area contributed by atoms with Crippen molar-refractivity contribution in [3.05, 3.63) is 78.2 Å². The summed E-state index contributed by atoms with van der Waals surface area (Å²) in [6, 6.07) is 20.2. The number of rotatable bonds is 9. The topological polar surface area (TPSA) is 102 Å². The van der Waals surface area contributed by atoms with Crippen molar-refractivity contribution in [2.75, 3.05) is 6.54 Å². The molecule has 1 aliphatic heterocycles. The van der Waals surface area contributed by atoms with Crippen LogP contribution >= 0.6 is 0 Å². The fourth-order valence-corrected chi connectivity index (χ4v) is 18.1. The predicted octanol–water partition coefficient (Wildman–Crippen LogP) is 12.9. The zero-order chi connectivity index (χ0) is 46.9. The number of hydrogen-bond acceptors (Lipinski definition) is 6. The first-order chi connectivity index (χ1) is 31.9. The molecule has 13 atom stereocenters. The number of aromatic amines is 1. The first-order valence-corrected chi connectivity index (χ1v) is 26.7. The van der Waals surface area contributed by atoms with Crippen LogP contribution in [-0.4, -0.2) is 45.4 Å². The number of amides is 1. The third-order valence-corrected chi connectivity index (χ3v) is 22.6. The molecule has 7 aliphatic carbocycles. The predicted molar refractivity (Wildman–Crippen MR) is 261 cm³/mol. The molecular weight excluding hydrogens is 831 g/mol. The Hall–Kier alpha value is -3.94. The normalized spacial score (nSPS) is 40.8. The van der Waals surface area contributed by atoms with Gasteiger partial charge in [-0.05, 0) is 164 Å². The van der Waals surface area contributed by atoms with Crippen molar-refractivity contribution in [3.8, 4) is 11.3 Å². The minimum atomic E-state index is -0.515. The maximum atomic E-state index is 15.8. The number of nitrogens with one attached hydrogen (secondary N) is 1. The van der Waals surface area contributed by atoms with Crippen LogP contribution in [0.4, 0.5) is 0 Å². The molecular formula is C59H79N3O5. The molecule has 3 unspecified atom stereocenters. The van der Waals surface area contributed by atoms with Gasteiger partial charge in [0.15, 0.2) is 0 Å². The van der Waals surface area contributed by atoms with Gasteiger partial charge in [0, 0.05) is 12.0 Å². The zero-order valence-electron chi connectivity index (χ0n) is 42.0. The molecule has 8 aliphatic rings. The number of benzene rings is 2. The second kappa shape index (κ2) is 15.8. The molecule has 8 heteroatoms. The molecule has 360 valence electrons. The van der Waals surface area contributed by atoms with E-state index >= 15 is 4.79 Å². The first-order valence-electron chi connectivity index (χ1n) is 26.7. The highest BCUT2D eigenvalue weighted by Gasteiger charge is 2.74. The molecule has 8 nitrogen and oxygen atoms in total. The van der Waals surface area contributed by atoms with Gasteiger partial charge in [0.2, 0.25) is 5.91 Å². The lowest BCUT2D eigenvalue weighted by atomic mass is 9.32. The van der Waals surface area contributed by atoms with Gasteiger partial charge in [-0.1, -0.05) is 116 Å². The Morgan fingerprint density at radius 2 is 1.40 bits per heavy atom. The standard InChI is InChI=1S/C59H79N3O5/c1-53(2)41(50(63)66-36-37-16-11-9-12-17-37)34-42(53)51(64)67-47-25-26-56(6)45(54(47,3)4)24-27-58(8)46(56)22-21-40-48-39(55(5)29-30-55)23-28-59(48,32-31-57(40,58)7)52(65)62-33-15-20-44(62)49-60-35-43(61-49)38-18-13-10-14-19-38/h9-14,16-19,35,39-42,44-48H,15,20-34,36H2,1-8H3,(H,60,61)/t39?,40-,41?,42?,44+,45+,46-,47+,48-,56+,57-,58-,59+/m1/s1. The molecule has 1 saturated heterocycles. The van der Waals surface area contributed by atoms with E-state index in [4.69, 9.17) is 14.5 Å². The van der Waals surface area contributed by atoms with Crippen molar-refractivity contribution in [1.82, 2.24) is 14.9 Å². The number of carbonyl (C=O) groups is 3. The van der Waals surface area contributed by atoms with Gasteiger partial charge in [0.25, 0.3) is 0 Å². The number of imidazole rings is 1. The van der Waals surface area contributed by atoms with E-state index in [1.807, 2.05) is 56.4 Å². The maximum Gasteiger partial charge on any atom is 0.309 e. The Morgan fingerprint density at radius 3 is 2.12 bits per heavy atom. The van der Waals surface area contributed by atoms with Crippen LogP contribution in [0.1, 0.15) is 169 Å². The number of likely N-dealkylation sites (tertiary alicyclic amines) is 1. The third-order valence-electron chi connectivity index (χ3n) is 22.6. The molecule has 0 spiro atoms. The zero-order valence-corrected chi connectivity index (χ0v) is 42.0. The van der Waals surface area contributed by atoms with Crippen LogP contribution in [0, 0.1) is 79.3 Å². The third kappa shape index (κ3) is 6.75. The Kier molecular flexibility index (Phi) is 10.7. The summed E-state index contributed by atoms with van der Waals surface area (Å²) in [4.78, 5) is 54.1. The quantitative estimate of drug-likeness (QED) is 0.215. The van der Waals surface area contributed by atoms with Gasteiger partial charge in [0.05, 0.1) is 35.2 Å². The van der Waals surface area contributed by atoms with Gasteiger partial charge in [0.1, 0.15) is 18.5 Å². The largest absolute Gasteiger partial charge is 0.462 e. The van der Waals surface area contributed by atoms with Crippen molar-refractivity contribution in [2.45, 2.75) is 170 Å². The molecule has 0 radical (unpaired) electrons. The van der Waals surface area contributed by atoms with Crippen LogP contribution in [0.3, 0.4) is 0 Å². The van der Waals surface area contributed by atoms with E-state index in [-0.39, 0.29) is 69.6 Å². The Labute approximate surface area is 400 Å². The van der Waals surface area contributed by atoms with Crippen molar-refractivity contribution in [1.29, 1.82) is 0 Å². The summed E-state index contributed by atoms with van der Waals surface area (Å²) in [6.07, 6.45) is 18.1. The highest BCUT2D eigenvalue weighted by molar-refractivity contribution is 5.85. The Bertz CT molecular complexity index is 2390. The summed E-state index contributed by atoms with van der Waals surface area (Å²) in [6.45, 7) is 20.6. The maximum absolute atomic E-state index is 15.8. The summed E-state index contributed by atoms with van der Waals surface area (Å²) in [5.74, 6) is 3.04. The summed E-state index contributed by atoms with van der Waals surface area (Å²) < 4.78 is 12.4. The number of aromatic nitrogens is 2. The van der Waals surface area contributed by atoms with E-state index in [1.165, 1.54) is 38.5 Å². The summed E-state index contributed by atoms with van der Waals surface area (Å²) >= 11 is 0. The van der Waals surface area contributed by atoms with Crippen LogP contribution in [0.5, 0.6) is 0 Å². The van der Waals surface area contributed by atoms with Gasteiger partial charge < -0.3 is 19.4 Å². The molecule has 8 fully saturated rings. The van der Waals surface area contributed by atoms with E-state index in [9.17, 15) is 9.59 Å². The number of H-pyrrole nitrogens is 1. The lowest BCUT2D eigenvalue weighted by molar-refractivity contribution is -0.253. The molecule has 0 bridgehead atoms. The molecule has 1 amide bonds. The van der Waals surface area contributed by atoms with Gasteiger partial charge in [-0.15, -0.1) is 0 Å². The van der Waals surface area contributed by atoms with E-state index in [0.717, 1.165) is 80.6 Å². The van der Waals surface area contributed by atoms with Crippen LogP contribution in [0.25, 0.3) is 11.3 Å². The lowest BCUT2D eigenvalue weighted by Crippen LogP contribution is -2.67.